The van der Waals surface area contributed by atoms with Gasteiger partial charge in [-0.25, -0.2) is 0 Å². The van der Waals surface area contributed by atoms with Crippen molar-refractivity contribution in [3.8, 4) is 0 Å². The summed E-state index contributed by atoms with van der Waals surface area (Å²) in [5, 5.41) is 8.22. The summed E-state index contributed by atoms with van der Waals surface area (Å²) in [5.74, 6) is 0. The molecule has 2 heterocycles. The van der Waals surface area contributed by atoms with Crippen molar-refractivity contribution in [3.63, 3.8) is 0 Å². The van der Waals surface area contributed by atoms with Gasteiger partial charge in [0.05, 0.1) is 6.04 Å². The van der Waals surface area contributed by atoms with E-state index >= 15 is 0 Å². The zero-order valence-electron chi connectivity index (χ0n) is 15.0. The molecule has 1 N–H and O–H groups in total. The van der Waals surface area contributed by atoms with Crippen LogP contribution in [0.3, 0.4) is 0 Å². The number of likely N-dealkylation sites (N-methyl/N-ethyl adjacent to an activating group) is 1. The average Bonchev–Trinajstić information content (AvgIpc) is 3.10. The van der Waals surface area contributed by atoms with Gasteiger partial charge in [0.15, 0.2) is 0 Å². The van der Waals surface area contributed by atoms with Crippen LogP contribution in [-0.2, 0) is 0 Å². The van der Waals surface area contributed by atoms with E-state index in [1.165, 1.54) is 48.1 Å². The predicted octanol–water partition coefficient (Wildman–Crippen LogP) is 5.15. The molecule has 1 aliphatic rings. The molecule has 0 saturated carbocycles. The Morgan fingerprint density at radius 1 is 1.29 bits per heavy atom. The van der Waals surface area contributed by atoms with E-state index in [1.807, 2.05) is 0 Å². The van der Waals surface area contributed by atoms with Gasteiger partial charge in [-0.3, -0.25) is 0 Å². The maximum absolute atomic E-state index is 4.37. The number of hydrogen-bond donors (Lipinski definition) is 1. The molecule has 2 aromatic rings. The summed E-state index contributed by atoms with van der Waals surface area (Å²) in [6.07, 6.45) is 3.86. The molecule has 0 aliphatic carbocycles. The Kier molecular flexibility index (Phi) is 5.42. The van der Waals surface area contributed by atoms with Crippen LogP contribution in [0.5, 0.6) is 0 Å². The van der Waals surface area contributed by atoms with E-state index in [0.29, 0.717) is 12.1 Å². The van der Waals surface area contributed by atoms with E-state index in [2.05, 4.69) is 72.7 Å². The van der Waals surface area contributed by atoms with Crippen LogP contribution in [-0.4, -0.2) is 24.5 Å². The van der Waals surface area contributed by atoms with E-state index in [9.17, 15) is 0 Å². The topological polar surface area (TPSA) is 15.3 Å². The molecule has 1 aromatic carbocycles. The van der Waals surface area contributed by atoms with Gasteiger partial charge in [0.25, 0.3) is 0 Å². The van der Waals surface area contributed by atoms with Gasteiger partial charge in [-0.1, -0.05) is 31.2 Å². The fourth-order valence-electron chi connectivity index (χ4n) is 3.72. The molecule has 3 heteroatoms. The van der Waals surface area contributed by atoms with Crippen LogP contribution < -0.4 is 5.32 Å². The van der Waals surface area contributed by atoms with Gasteiger partial charge in [0, 0.05) is 17.3 Å². The number of hydrogen-bond acceptors (Lipinski definition) is 3. The molecule has 24 heavy (non-hydrogen) atoms. The second-order valence-electron chi connectivity index (χ2n) is 6.95. The van der Waals surface area contributed by atoms with Gasteiger partial charge in [-0.15, -0.1) is 0 Å². The van der Waals surface area contributed by atoms with E-state index in [4.69, 9.17) is 0 Å². The first-order chi connectivity index (χ1) is 11.6. The van der Waals surface area contributed by atoms with Crippen LogP contribution in [0.2, 0.25) is 0 Å². The second kappa shape index (κ2) is 7.54. The number of rotatable bonds is 5. The first-order valence-corrected chi connectivity index (χ1v) is 9.76. The average molecular weight is 341 g/mol. The van der Waals surface area contributed by atoms with Crippen molar-refractivity contribution in [3.05, 3.63) is 63.9 Å². The first-order valence-electron chi connectivity index (χ1n) is 8.82. The van der Waals surface area contributed by atoms with Crippen LogP contribution in [0, 0.1) is 13.8 Å². The lowest BCUT2D eigenvalue weighted by Crippen LogP contribution is -2.45. The number of likely N-dealkylation sites (tertiary alicyclic amines) is 1. The first kappa shape index (κ1) is 17.2. The minimum Gasteiger partial charge on any atom is -0.377 e. The number of nitrogens with one attached hydrogen (secondary N) is 1. The van der Waals surface area contributed by atoms with Crippen LogP contribution in [0.25, 0.3) is 5.70 Å². The molecule has 1 aliphatic heterocycles. The normalized spacial score (nSPS) is 19.9. The highest BCUT2D eigenvalue weighted by molar-refractivity contribution is 7.08. The summed E-state index contributed by atoms with van der Waals surface area (Å²) >= 11 is 1.77. The van der Waals surface area contributed by atoms with Crippen molar-refractivity contribution >= 4 is 17.0 Å². The Bertz CT molecular complexity index is 690. The molecule has 1 aromatic heterocycles. The molecule has 2 nitrogen and oxygen atoms in total. The van der Waals surface area contributed by atoms with Crippen molar-refractivity contribution in [2.24, 2.45) is 0 Å². The lowest BCUT2D eigenvalue weighted by Gasteiger charge is -2.39. The molecular weight excluding hydrogens is 312 g/mol. The highest BCUT2D eigenvalue weighted by atomic mass is 32.1. The lowest BCUT2D eigenvalue weighted by atomic mass is 9.91. The Hall–Kier alpha value is -1.58. The minimum atomic E-state index is 0.300. The molecule has 1 saturated heterocycles. The maximum atomic E-state index is 4.37. The Morgan fingerprint density at radius 3 is 2.83 bits per heavy atom. The van der Waals surface area contributed by atoms with Gasteiger partial charge in [0.1, 0.15) is 0 Å². The molecule has 1 fully saturated rings. The van der Waals surface area contributed by atoms with Crippen LogP contribution in [0.1, 0.15) is 47.6 Å². The molecule has 0 amide bonds. The van der Waals surface area contributed by atoms with Crippen LogP contribution in [0.4, 0.5) is 0 Å². The Morgan fingerprint density at radius 2 is 2.12 bits per heavy atom. The monoisotopic (exact) mass is 340 g/mol. The lowest BCUT2D eigenvalue weighted by molar-refractivity contribution is 0.152. The molecule has 0 radical (unpaired) electrons. The third-order valence-electron chi connectivity index (χ3n) is 5.37. The smallest absolute Gasteiger partial charge is 0.0677 e. The molecule has 2 unspecified atom stereocenters. The third-order valence-corrected chi connectivity index (χ3v) is 6.07. The van der Waals surface area contributed by atoms with Crippen molar-refractivity contribution in [1.82, 2.24) is 10.2 Å². The van der Waals surface area contributed by atoms with Gasteiger partial charge in [-0.2, -0.15) is 11.3 Å². The fraction of sp³-hybridized carbons (Fsp3) is 0.429. The molecule has 3 rings (SSSR count). The van der Waals surface area contributed by atoms with Crippen LogP contribution >= 0.6 is 11.3 Å². The molecule has 0 bridgehead atoms. The summed E-state index contributed by atoms with van der Waals surface area (Å²) < 4.78 is 0. The largest absolute Gasteiger partial charge is 0.377 e. The molecular formula is C21H28N2S. The van der Waals surface area contributed by atoms with Gasteiger partial charge < -0.3 is 10.2 Å². The molecule has 2 atom stereocenters. The van der Waals surface area contributed by atoms with E-state index < -0.39 is 0 Å². The fourth-order valence-corrected chi connectivity index (χ4v) is 4.42. The zero-order valence-corrected chi connectivity index (χ0v) is 15.8. The van der Waals surface area contributed by atoms with Gasteiger partial charge in [-0.05, 0) is 73.8 Å². The van der Waals surface area contributed by atoms with Crippen molar-refractivity contribution in [2.75, 3.05) is 13.6 Å². The molecule has 0 spiro atoms. The van der Waals surface area contributed by atoms with Crippen molar-refractivity contribution < 1.29 is 0 Å². The SMILES string of the molecule is C=C(NC(c1ccsc1)C1CCCCN1C)c1cccc(C)c1C. The number of piperidine rings is 1. The Balaban J connectivity index is 1.86. The summed E-state index contributed by atoms with van der Waals surface area (Å²) in [4.78, 5) is 2.51. The maximum Gasteiger partial charge on any atom is 0.0677 e. The molecule has 128 valence electrons. The predicted molar refractivity (Wildman–Crippen MR) is 105 cm³/mol. The standard InChI is InChI=1S/C21H28N2S/c1-15-8-7-9-19(16(15)2)17(3)22-21(18-11-13-24-14-18)20-10-5-6-12-23(20)4/h7-9,11,13-14,20-22H,3,5-6,10,12H2,1-2,4H3. The Labute approximate surface area is 150 Å². The summed E-state index contributed by atoms with van der Waals surface area (Å²) in [7, 11) is 2.26. The summed E-state index contributed by atoms with van der Waals surface area (Å²) in [6, 6.07) is 9.53. The quantitative estimate of drug-likeness (QED) is 0.809. The van der Waals surface area contributed by atoms with E-state index in [0.717, 1.165) is 5.70 Å². The third kappa shape index (κ3) is 3.57. The number of thiophene rings is 1. The number of nitrogens with zero attached hydrogens (tertiary/aromatic N) is 1. The summed E-state index contributed by atoms with van der Waals surface area (Å²) in [5.41, 5.74) is 6.28. The van der Waals surface area contributed by atoms with Crippen LogP contribution in [0.15, 0.2) is 41.6 Å². The second-order valence-corrected chi connectivity index (χ2v) is 7.73. The summed E-state index contributed by atoms with van der Waals surface area (Å²) in [6.45, 7) is 9.90. The highest BCUT2D eigenvalue weighted by Crippen LogP contribution is 2.31. The van der Waals surface area contributed by atoms with E-state index in [-0.39, 0.29) is 0 Å². The van der Waals surface area contributed by atoms with Crippen molar-refractivity contribution in [1.29, 1.82) is 0 Å². The minimum absolute atomic E-state index is 0.300. The number of benzene rings is 1. The highest BCUT2D eigenvalue weighted by Gasteiger charge is 2.29. The van der Waals surface area contributed by atoms with Gasteiger partial charge in [0.2, 0.25) is 0 Å². The van der Waals surface area contributed by atoms with Crippen molar-refractivity contribution in [2.45, 2.75) is 45.2 Å². The zero-order chi connectivity index (χ0) is 17.1. The van der Waals surface area contributed by atoms with Gasteiger partial charge >= 0.3 is 0 Å². The number of aryl methyl sites for hydroxylation is 1. The van der Waals surface area contributed by atoms with E-state index in [1.54, 1.807) is 11.3 Å².